The lowest BCUT2D eigenvalue weighted by molar-refractivity contribution is -0.138. The van der Waals surface area contributed by atoms with Gasteiger partial charge >= 0.3 is 11.8 Å². The topological polar surface area (TPSA) is 58.2 Å². The first kappa shape index (κ1) is 6.94. The van der Waals surface area contributed by atoms with Crippen LogP contribution in [0.1, 0.15) is 2.85 Å². The molecule has 0 saturated heterocycles. The number of hydrogen-bond donors (Lipinski definition) is 2. The molecule has 8 heavy (non-hydrogen) atoms. The lowest BCUT2D eigenvalue weighted by Crippen LogP contribution is -2.35. The van der Waals surface area contributed by atoms with Gasteiger partial charge < -0.3 is 10.6 Å². The molecule has 0 aliphatic rings. The van der Waals surface area contributed by atoms with Gasteiger partial charge in [-0.25, -0.2) is 0 Å². The maximum absolute atomic E-state index is 10.2. The average Bonchev–Trinajstić information content (AvgIpc) is 1.84. The van der Waals surface area contributed by atoms with Crippen molar-refractivity contribution in [2.45, 2.75) is 0 Å². The third kappa shape index (κ3) is 1.59. The molecule has 0 rings (SSSR count). The Morgan fingerprint density at radius 3 is 1.50 bits per heavy atom. The molecular formula is C4H12N2O2. The second kappa shape index (κ2) is 3.01. The molecule has 0 unspecified atom stereocenters. The molecule has 4 heteroatoms. The molecule has 0 aliphatic carbocycles. The summed E-state index contributed by atoms with van der Waals surface area (Å²) in [5, 5.41) is 4.33. The Bertz CT molecular complexity index is 104. The van der Waals surface area contributed by atoms with Gasteiger partial charge in [-0.3, -0.25) is 9.59 Å². The van der Waals surface area contributed by atoms with Crippen molar-refractivity contribution in [2.75, 3.05) is 14.1 Å². The van der Waals surface area contributed by atoms with E-state index in [9.17, 15) is 9.59 Å². The summed E-state index contributed by atoms with van der Waals surface area (Å²) < 4.78 is 0. The van der Waals surface area contributed by atoms with Crippen LogP contribution in [0.4, 0.5) is 0 Å². The molecule has 0 fully saturated rings. The molecule has 0 atom stereocenters. The predicted molar refractivity (Wildman–Crippen MR) is 32.4 cm³/mol. The molecule has 0 spiro atoms. The maximum atomic E-state index is 10.2. The minimum Gasteiger partial charge on any atom is -0.351 e. The van der Waals surface area contributed by atoms with Gasteiger partial charge in [-0.15, -0.1) is 0 Å². The summed E-state index contributed by atoms with van der Waals surface area (Å²) in [5.41, 5.74) is 0. The van der Waals surface area contributed by atoms with E-state index in [2.05, 4.69) is 10.6 Å². The van der Waals surface area contributed by atoms with Crippen LogP contribution in [0.25, 0.3) is 0 Å². The lowest BCUT2D eigenvalue weighted by atomic mass is 10.6. The molecule has 2 amide bonds. The van der Waals surface area contributed by atoms with Crippen molar-refractivity contribution in [3.8, 4) is 0 Å². The Labute approximate surface area is 50.2 Å². The van der Waals surface area contributed by atoms with E-state index in [0.29, 0.717) is 0 Å². The quantitative estimate of drug-likeness (QED) is 0.402. The first-order valence-corrected chi connectivity index (χ1v) is 2.16. The smallest absolute Gasteiger partial charge is 0.309 e. The van der Waals surface area contributed by atoms with E-state index in [1.165, 1.54) is 14.1 Å². The monoisotopic (exact) mass is 120 g/mol. The zero-order valence-electron chi connectivity index (χ0n) is 4.82. The van der Waals surface area contributed by atoms with Crippen LogP contribution in [0.5, 0.6) is 0 Å². The minimum absolute atomic E-state index is 0. The van der Waals surface area contributed by atoms with Crippen LogP contribution in [0, 0.1) is 0 Å². The van der Waals surface area contributed by atoms with Gasteiger partial charge in [-0.1, -0.05) is 0 Å². The molecule has 50 valence electrons. The zero-order chi connectivity index (χ0) is 6.57. The molecule has 2 N–H and O–H groups in total. The highest BCUT2D eigenvalue weighted by molar-refractivity contribution is 6.34. The third-order valence-electron chi connectivity index (χ3n) is 0.660. The summed E-state index contributed by atoms with van der Waals surface area (Å²) in [4.78, 5) is 20.4. The first-order chi connectivity index (χ1) is 3.72. The van der Waals surface area contributed by atoms with Gasteiger partial charge in [0.1, 0.15) is 0 Å². The number of amides is 2. The van der Waals surface area contributed by atoms with E-state index >= 15 is 0 Å². The number of rotatable bonds is 0. The fourth-order valence-electron chi connectivity index (χ4n) is 0.227. The first-order valence-electron chi connectivity index (χ1n) is 2.16. The highest BCUT2D eigenvalue weighted by atomic mass is 16.2. The normalized spacial score (nSPS) is 7.75. The van der Waals surface area contributed by atoms with Gasteiger partial charge in [0.05, 0.1) is 0 Å². The molecular weight excluding hydrogens is 108 g/mol. The van der Waals surface area contributed by atoms with Crippen molar-refractivity contribution in [3.63, 3.8) is 0 Å². The molecule has 0 saturated carbocycles. The highest BCUT2D eigenvalue weighted by Crippen LogP contribution is 1.59. The summed E-state index contributed by atoms with van der Waals surface area (Å²) in [5.74, 6) is -1.24. The van der Waals surface area contributed by atoms with Gasteiger partial charge in [0.25, 0.3) is 0 Å². The fraction of sp³-hybridized carbons (Fsp3) is 0.500. The van der Waals surface area contributed by atoms with Gasteiger partial charge in [-0.2, -0.15) is 0 Å². The minimum atomic E-state index is -0.618. The van der Waals surface area contributed by atoms with E-state index in [-0.39, 0.29) is 2.85 Å². The van der Waals surface area contributed by atoms with Crippen molar-refractivity contribution in [3.05, 3.63) is 0 Å². The predicted octanol–water partition coefficient (Wildman–Crippen LogP) is -1.03. The molecule has 0 bridgehead atoms. The van der Waals surface area contributed by atoms with E-state index in [1.54, 1.807) is 0 Å². The van der Waals surface area contributed by atoms with Crippen LogP contribution < -0.4 is 10.6 Å². The summed E-state index contributed by atoms with van der Waals surface area (Å²) in [6.45, 7) is 0. The molecule has 0 aromatic rings. The molecule has 4 nitrogen and oxygen atoms in total. The molecule has 0 aliphatic heterocycles. The van der Waals surface area contributed by atoms with Gasteiger partial charge in [0.2, 0.25) is 0 Å². The maximum Gasteiger partial charge on any atom is 0.309 e. The largest absolute Gasteiger partial charge is 0.351 e. The average molecular weight is 120 g/mol. The van der Waals surface area contributed by atoms with Crippen LogP contribution in [-0.4, -0.2) is 25.9 Å². The second-order valence-corrected chi connectivity index (χ2v) is 1.16. The molecule has 0 aromatic carbocycles. The van der Waals surface area contributed by atoms with Crippen LogP contribution in [-0.2, 0) is 9.59 Å². The van der Waals surface area contributed by atoms with E-state index in [0.717, 1.165) is 0 Å². The number of likely N-dealkylation sites (N-methyl/N-ethyl adjacent to an activating group) is 2. The Hall–Kier alpha value is -1.06. The summed E-state index contributed by atoms with van der Waals surface area (Å²) in [6.07, 6.45) is 0. The van der Waals surface area contributed by atoms with Gasteiger partial charge in [0.15, 0.2) is 0 Å². The summed E-state index contributed by atoms with van der Waals surface area (Å²) >= 11 is 0. The summed E-state index contributed by atoms with van der Waals surface area (Å²) in [6, 6.07) is 0. The number of nitrogens with one attached hydrogen (secondary N) is 2. The van der Waals surface area contributed by atoms with E-state index in [4.69, 9.17) is 0 Å². The van der Waals surface area contributed by atoms with Crippen LogP contribution in [0.3, 0.4) is 0 Å². The van der Waals surface area contributed by atoms with Crippen LogP contribution in [0.15, 0.2) is 0 Å². The van der Waals surface area contributed by atoms with Crippen LogP contribution >= 0.6 is 0 Å². The number of carbonyl (C=O) groups is 2. The van der Waals surface area contributed by atoms with Gasteiger partial charge in [-0.05, 0) is 0 Å². The Balaban J connectivity index is -0.000000245. The van der Waals surface area contributed by atoms with Crippen molar-refractivity contribution >= 4 is 11.8 Å². The number of carbonyl (C=O) groups excluding carboxylic acids is 2. The van der Waals surface area contributed by atoms with Gasteiger partial charge in [0, 0.05) is 16.9 Å². The van der Waals surface area contributed by atoms with Crippen molar-refractivity contribution in [1.29, 1.82) is 0 Å². The Kier molecular flexibility index (Phi) is 2.61. The standard InChI is InChI=1S/C4H8N2O2.2H2/c1-5-3(7)4(8)6-2;;/h1-2H3,(H,5,7)(H,6,8);2*1H. The molecule has 0 aromatic heterocycles. The summed E-state index contributed by atoms with van der Waals surface area (Å²) in [7, 11) is 2.80. The second-order valence-electron chi connectivity index (χ2n) is 1.16. The fourth-order valence-corrected chi connectivity index (χ4v) is 0.227. The van der Waals surface area contributed by atoms with Crippen molar-refractivity contribution < 1.29 is 12.4 Å². The lowest BCUT2D eigenvalue weighted by Gasteiger charge is -1.93. The van der Waals surface area contributed by atoms with Crippen molar-refractivity contribution in [2.24, 2.45) is 0 Å². The third-order valence-corrected chi connectivity index (χ3v) is 0.660. The zero-order valence-corrected chi connectivity index (χ0v) is 4.82. The SMILES string of the molecule is CNC(=O)C(=O)NC.[HH].[HH]. The van der Waals surface area contributed by atoms with E-state index < -0.39 is 11.8 Å². The van der Waals surface area contributed by atoms with Crippen molar-refractivity contribution in [1.82, 2.24) is 10.6 Å². The Morgan fingerprint density at radius 1 is 1.12 bits per heavy atom. The Morgan fingerprint density at radius 2 is 1.38 bits per heavy atom. The van der Waals surface area contributed by atoms with Crippen LogP contribution in [0.2, 0.25) is 0 Å². The highest BCUT2D eigenvalue weighted by Gasteiger charge is 2.05. The molecule has 0 radical (unpaired) electrons. The molecule has 0 heterocycles. The number of hydrogen-bond acceptors (Lipinski definition) is 2. The van der Waals surface area contributed by atoms with E-state index in [1.807, 2.05) is 0 Å².